The quantitative estimate of drug-likeness (QED) is 0.908. The minimum atomic E-state index is -4.50. The summed E-state index contributed by atoms with van der Waals surface area (Å²) in [5.74, 6) is -0.517. The van der Waals surface area contributed by atoms with E-state index in [9.17, 15) is 18.0 Å². The molecule has 1 heterocycles. The largest absolute Gasteiger partial charge is 0.416 e. The lowest BCUT2D eigenvalue weighted by Crippen LogP contribution is -2.19. The van der Waals surface area contributed by atoms with E-state index in [0.717, 1.165) is 18.2 Å². The molecule has 21 heavy (non-hydrogen) atoms. The highest BCUT2D eigenvalue weighted by atomic mass is 35.5. The van der Waals surface area contributed by atoms with Crippen molar-refractivity contribution in [3.63, 3.8) is 0 Å². The Bertz CT molecular complexity index is 670. The maximum atomic E-state index is 12.5. The predicted octanol–water partition coefficient (Wildman–Crippen LogP) is 2.17. The maximum absolute atomic E-state index is 12.5. The van der Waals surface area contributed by atoms with Crippen LogP contribution in [0.1, 0.15) is 5.56 Å². The summed E-state index contributed by atoms with van der Waals surface area (Å²) in [7, 11) is 0. The molecule has 6 nitrogen and oxygen atoms in total. The van der Waals surface area contributed by atoms with Gasteiger partial charge in [0, 0.05) is 0 Å². The summed E-state index contributed by atoms with van der Waals surface area (Å²) < 4.78 is 38.6. The van der Waals surface area contributed by atoms with Crippen molar-refractivity contribution in [1.82, 2.24) is 14.8 Å². The Kier molecular flexibility index (Phi) is 4.03. The zero-order chi connectivity index (χ0) is 15.6. The van der Waals surface area contributed by atoms with Crippen LogP contribution >= 0.6 is 11.6 Å². The average molecular weight is 320 g/mol. The van der Waals surface area contributed by atoms with Crippen molar-refractivity contribution in [3.8, 4) is 0 Å². The van der Waals surface area contributed by atoms with Crippen molar-refractivity contribution in [1.29, 1.82) is 0 Å². The highest BCUT2D eigenvalue weighted by Gasteiger charge is 2.30. The molecular weight excluding hydrogens is 311 g/mol. The van der Waals surface area contributed by atoms with Crippen molar-refractivity contribution >= 4 is 29.1 Å². The second kappa shape index (κ2) is 5.60. The normalized spacial score (nSPS) is 11.4. The number of hydrogen-bond donors (Lipinski definition) is 2. The molecule has 0 aliphatic carbocycles. The molecule has 2 rings (SSSR count). The highest BCUT2D eigenvalue weighted by Crippen LogP contribution is 2.33. The number of nitrogens with one attached hydrogen (secondary N) is 1. The number of amides is 1. The van der Waals surface area contributed by atoms with Crippen LogP contribution in [0, 0.1) is 0 Å². The molecule has 1 aromatic heterocycles. The second-order valence-electron chi connectivity index (χ2n) is 4.04. The number of anilines is 2. The molecule has 1 amide bonds. The molecule has 1 aromatic carbocycles. The lowest BCUT2D eigenvalue weighted by atomic mass is 10.2. The molecule has 0 unspecified atom stereocenters. The Balaban J connectivity index is 2.07. The Hall–Kier alpha value is -2.29. The van der Waals surface area contributed by atoms with Gasteiger partial charge in [-0.2, -0.15) is 13.2 Å². The topological polar surface area (TPSA) is 85.8 Å². The first-order valence-electron chi connectivity index (χ1n) is 5.57. The van der Waals surface area contributed by atoms with Crippen LogP contribution in [0.4, 0.5) is 24.8 Å². The van der Waals surface area contributed by atoms with E-state index in [0.29, 0.717) is 0 Å². The molecule has 0 saturated carbocycles. The third-order valence-corrected chi connectivity index (χ3v) is 2.74. The van der Waals surface area contributed by atoms with Gasteiger partial charge in [0.15, 0.2) is 0 Å². The zero-order valence-corrected chi connectivity index (χ0v) is 11.1. The Morgan fingerprint density at radius 3 is 2.67 bits per heavy atom. The molecule has 0 radical (unpaired) electrons. The van der Waals surface area contributed by atoms with Gasteiger partial charge in [-0.1, -0.05) is 11.6 Å². The number of hydrogen-bond acceptors (Lipinski definition) is 4. The summed E-state index contributed by atoms with van der Waals surface area (Å²) in [6, 6.07) is 2.65. The number of nitrogen functional groups attached to an aromatic ring is 1. The van der Waals surface area contributed by atoms with Crippen molar-refractivity contribution in [3.05, 3.63) is 35.1 Å². The third-order valence-electron chi connectivity index (χ3n) is 2.43. The average Bonchev–Trinajstić information content (AvgIpc) is 2.76. The van der Waals surface area contributed by atoms with Crippen LogP contribution in [0.25, 0.3) is 0 Å². The third kappa shape index (κ3) is 3.85. The predicted molar refractivity (Wildman–Crippen MR) is 69.5 cm³/mol. The standard InChI is InChI=1S/C11H9ClF3N5O/c12-7-3-6(11(13,14)15)1-2-8(7)18-9(21)4-20-5-17-10(16)19-20/h1-3,5H,4H2,(H2,16,19)(H,18,21). The summed E-state index contributed by atoms with van der Waals surface area (Å²) in [5, 5.41) is 5.87. The number of nitrogens with two attached hydrogens (primary N) is 1. The van der Waals surface area contributed by atoms with Gasteiger partial charge in [0.05, 0.1) is 16.3 Å². The van der Waals surface area contributed by atoms with Crippen molar-refractivity contribution < 1.29 is 18.0 Å². The first-order chi connectivity index (χ1) is 9.75. The lowest BCUT2D eigenvalue weighted by Gasteiger charge is -2.11. The Labute approximate surface area is 121 Å². The molecule has 0 bridgehead atoms. The van der Waals surface area contributed by atoms with Crippen LogP contribution in [-0.2, 0) is 17.5 Å². The van der Waals surface area contributed by atoms with Crippen molar-refractivity contribution in [2.75, 3.05) is 11.1 Å². The van der Waals surface area contributed by atoms with Crippen LogP contribution in [0.2, 0.25) is 5.02 Å². The molecule has 0 saturated heterocycles. The van der Waals surface area contributed by atoms with Gasteiger partial charge in [0.25, 0.3) is 0 Å². The van der Waals surface area contributed by atoms with Gasteiger partial charge in [-0.25, -0.2) is 9.67 Å². The first-order valence-corrected chi connectivity index (χ1v) is 5.95. The molecule has 3 N–H and O–H groups in total. The van der Waals surface area contributed by atoms with Gasteiger partial charge in [-0.05, 0) is 18.2 Å². The molecule has 0 spiro atoms. The number of benzene rings is 1. The van der Waals surface area contributed by atoms with Gasteiger partial charge >= 0.3 is 6.18 Å². The van der Waals surface area contributed by atoms with Gasteiger partial charge < -0.3 is 11.1 Å². The minimum Gasteiger partial charge on any atom is -0.367 e. The summed E-state index contributed by atoms with van der Waals surface area (Å²) in [6.45, 7) is -0.193. The molecule has 0 aliphatic rings. The fourth-order valence-corrected chi connectivity index (χ4v) is 1.74. The molecule has 112 valence electrons. The van der Waals surface area contributed by atoms with Crippen molar-refractivity contribution in [2.24, 2.45) is 0 Å². The number of aromatic nitrogens is 3. The van der Waals surface area contributed by atoms with Crippen LogP contribution in [0.5, 0.6) is 0 Å². The lowest BCUT2D eigenvalue weighted by molar-refractivity contribution is -0.137. The maximum Gasteiger partial charge on any atom is 0.416 e. The minimum absolute atomic E-state index is 0.00959. The van der Waals surface area contributed by atoms with E-state index in [2.05, 4.69) is 15.4 Å². The summed E-state index contributed by atoms with van der Waals surface area (Å²) in [4.78, 5) is 15.3. The zero-order valence-electron chi connectivity index (χ0n) is 10.4. The molecule has 2 aromatic rings. The van der Waals surface area contributed by atoms with Gasteiger partial charge in [0.2, 0.25) is 11.9 Å². The number of nitrogens with zero attached hydrogens (tertiary/aromatic N) is 3. The molecule has 0 atom stereocenters. The number of alkyl halides is 3. The molecule has 0 fully saturated rings. The van der Waals surface area contributed by atoms with Gasteiger partial charge in [-0.3, -0.25) is 4.79 Å². The molecule has 10 heteroatoms. The Morgan fingerprint density at radius 1 is 1.43 bits per heavy atom. The van der Waals surface area contributed by atoms with Crippen LogP contribution in [0.3, 0.4) is 0 Å². The molecule has 0 aliphatic heterocycles. The highest BCUT2D eigenvalue weighted by molar-refractivity contribution is 6.33. The van der Waals surface area contributed by atoms with Crippen LogP contribution in [-0.4, -0.2) is 20.7 Å². The van der Waals surface area contributed by atoms with E-state index in [-0.39, 0.29) is 23.2 Å². The molecular formula is C11H9ClF3N5O. The van der Waals surface area contributed by atoms with E-state index >= 15 is 0 Å². The number of rotatable bonds is 3. The van der Waals surface area contributed by atoms with Crippen LogP contribution < -0.4 is 11.1 Å². The Morgan fingerprint density at radius 2 is 2.14 bits per heavy atom. The van der Waals surface area contributed by atoms with E-state index in [1.54, 1.807) is 0 Å². The van der Waals surface area contributed by atoms with E-state index < -0.39 is 17.6 Å². The van der Waals surface area contributed by atoms with Crippen LogP contribution in [0.15, 0.2) is 24.5 Å². The smallest absolute Gasteiger partial charge is 0.367 e. The van der Waals surface area contributed by atoms with E-state index in [1.165, 1.54) is 11.0 Å². The van der Waals surface area contributed by atoms with E-state index in [1.807, 2.05) is 0 Å². The van der Waals surface area contributed by atoms with Gasteiger partial charge in [-0.15, -0.1) is 5.10 Å². The van der Waals surface area contributed by atoms with E-state index in [4.69, 9.17) is 17.3 Å². The SMILES string of the molecule is Nc1ncn(CC(=O)Nc2ccc(C(F)(F)F)cc2Cl)n1. The fraction of sp³-hybridized carbons (Fsp3) is 0.182. The van der Waals surface area contributed by atoms with Crippen molar-refractivity contribution in [2.45, 2.75) is 12.7 Å². The number of carbonyl (C=O) groups excluding carboxylic acids is 1. The number of carbonyl (C=O) groups is 1. The number of halogens is 4. The summed E-state index contributed by atoms with van der Waals surface area (Å²) in [6.07, 6.45) is -3.24. The second-order valence-corrected chi connectivity index (χ2v) is 4.45. The monoisotopic (exact) mass is 319 g/mol. The summed E-state index contributed by atoms with van der Waals surface area (Å²) >= 11 is 5.72. The van der Waals surface area contributed by atoms with Gasteiger partial charge in [0.1, 0.15) is 12.9 Å². The first kappa shape index (κ1) is 15.1. The summed E-state index contributed by atoms with van der Waals surface area (Å²) in [5.41, 5.74) is 4.46. The fourth-order valence-electron chi connectivity index (χ4n) is 1.51.